The number of thioether (sulfide) groups is 2. The second-order valence-electron chi connectivity index (χ2n) is 13.1. The summed E-state index contributed by atoms with van der Waals surface area (Å²) in [4.78, 5) is 43.8. The van der Waals surface area contributed by atoms with Crippen molar-refractivity contribution >= 4 is 41.4 Å². The van der Waals surface area contributed by atoms with Gasteiger partial charge in [0.2, 0.25) is 11.8 Å². The summed E-state index contributed by atoms with van der Waals surface area (Å²) in [5, 5.41) is 6.29. The number of hydrogen-bond acceptors (Lipinski definition) is 7. The number of likely N-dealkylation sites (tertiary alicyclic amines) is 1. The lowest BCUT2D eigenvalue weighted by Gasteiger charge is -2.33. The average Bonchev–Trinajstić information content (AvgIpc) is 3.45. The Kier molecular flexibility index (Phi) is 12.3. The Morgan fingerprint density at radius 1 is 1.05 bits per heavy atom. The average molecular weight is 619 g/mol. The van der Waals surface area contributed by atoms with Crippen LogP contribution in [0.5, 0.6) is 0 Å². The predicted molar refractivity (Wildman–Crippen MR) is 173 cm³/mol. The van der Waals surface area contributed by atoms with Crippen molar-refractivity contribution in [1.82, 2.24) is 20.4 Å². The summed E-state index contributed by atoms with van der Waals surface area (Å²) >= 11 is 3.29. The number of hydrogen-bond donors (Lipinski definition) is 2. The molecule has 10 heteroatoms. The third-order valence-electron chi connectivity index (χ3n) is 8.27. The number of rotatable bonds is 10. The summed E-state index contributed by atoms with van der Waals surface area (Å²) in [6, 6.07) is 7.49. The van der Waals surface area contributed by atoms with Crippen molar-refractivity contribution in [3.63, 3.8) is 0 Å². The molecular weight excluding hydrogens is 569 g/mol. The number of carbonyl (C=O) groups excluding carboxylic acids is 3. The molecule has 2 atom stereocenters. The first-order valence-corrected chi connectivity index (χ1v) is 17.9. The van der Waals surface area contributed by atoms with Crippen molar-refractivity contribution < 1.29 is 19.1 Å². The zero-order valence-electron chi connectivity index (χ0n) is 25.9. The molecule has 2 saturated heterocycles. The van der Waals surface area contributed by atoms with Crippen LogP contribution in [0.2, 0.25) is 0 Å². The van der Waals surface area contributed by atoms with E-state index in [9.17, 15) is 14.4 Å². The first-order valence-electron chi connectivity index (χ1n) is 15.6. The Balaban J connectivity index is 1.32. The van der Waals surface area contributed by atoms with E-state index in [1.807, 2.05) is 20.8 Å². The van der Waals surface area contributed by atoms with Gasteiger partial charge in [-0.1, -0.05) is 49.1 Å². The molecule has 0 radical (unpaired) electrons. The van der Waals surface area contributed by atoms with Crippen molar-refractivity contribution in [3.05, 3.63) is 35.4 Å². The summed E-state index contributed by atoms with van der Waals surface area (Å²) in [5.74, 6) is 2.74. The van der Waals surface area contributed by atoms with Crippen LogP contribution in [-0.4, -0.2) is 87.7 Å². The van der Waals surface area contributed by atoms with Gasteiger partial charge in [0.15, 0.2) is 0 Å². The van der Waals surface area contributed by atoms with Gasteiger partial charge in [0.25, 0.3) is 0 Å². The predicted octanol–water partition coefficient (Wildman–Crippen LogP) is 5.18. The van der Waals surface area contributed by atoms with Crippen LogP contribution in [0.1, 0.15) is 76.8 Å². The highest BCUT2D eigenvalue weighted by atomic mass is 32.2. The van der Waals surface area contributed by atoms with E-state index in [1.165, 1.54) is 59.9 Å². The molecule has 42 heavy (non-hydrogen) atoms. The van der Waals surface area contributed by atoms with Crippen LogP contribution in [-0.2, 0) is 20.9 Å². The highest BCUT2D eigenvalue weighted by molar-refractivity contribution is 7.99. The Labute approximate surface area is 260 Å². The van der Waals surface area contributed by atoms with Crippen molar-refractivity contribution in [1.29, 1.82) is 0 Å². The zero-order chi connectivity index (χ0) is 30.1. The fourth-order valence-electron chi connectivity index (χ4n) is 5.81. The van der Waals surface area contributed by atoms with E-state index in [2.05, 4.69) is 46.7 Å². The first-order chi connectivity index (χ1) is 20.1. The van der Waals surface area contributed by atoms with Crippen LogP contribution < -0.4 is 10.6 Å². The SMILES string of the molecule is Cc1ccc(CN2CCC(NC(=O)[C@H](CSCC3CCCCC3)NC(=O)[C@@H]3CSCN3C(=O)OC(C)(C)C)CC2)cc1. The highest BCUT2D eigenvalue weighted by Gasteiger charge is 2.39. The van der Waals surface area contributed by atoms with Crippen molar-refractivity contribution in [2.24, 2.45) is 5.92 Å². The molecule has 234 valence electrons. The molecule has 2 heterocycles. The smallest absolute Gasteiger partial charge is 0.411 e. The maximum atomic E-state index is 13.6. The topological polar surface area (TPSA) is 91.0 Å². The Bertz CT molecular complexity index is 1030. The largest absolute Gasteiger partial charge is 0.444 e. The van der Waals surface area contributed by atoms with E-state index >= 15 is 0 Å². The lowest BCUT2D eigenvalue weighted by molar-refractivity contribution is -0.131. The fraction of sp³-hybridized carbons (Fsp3) is 0.719. The second-order valence-corrected chi connectivity index (χ2v) is 15.2. The van der Waals surface area contributed by atoms with E-state index in [4.69, 9.17) is 4.74 Å². The number of carbonyl (C=O) groups is 3. The van der Waals surface area contributed by atoms with E-state index in [0.717, 1.165) is 38.2 Å². The maximum Gasteiger partial charge on any atom is 0.411 e. The van der Waals surface area contributed by atoms with Gasteiger partial charge in [0.1, 0.15) is 17.7 Å². The van der Waals surface area contributed by atoms with Crippen molar-refractivity contribution in [2.45, 2.75) is 103 Å². The number of amides is 3. The molecule has 1 saturated carbocycles. The molecule has 8 nitrogen and oxygen atoms in total. The molecule has 0 bridgehead atoms. The van der Waals surface area contributed by atoms with Crippen LogP contribution in [0.3, 0.4) is 0 Å². The van der Waals surface area contributed by atoms with Gasteiger partial charge in [-0.25, -0.2) is 4.79 Å². The van der Waals surface area contributed by atoms with Gasteiger partial charge in [-0.3, -0.25) is 19.4 Å². The molecule has 1 aromatic rings. The monoisotopic (exact) mass is 618 g/mol. The summed E-state index contributed by atoms with van der Waals surface area (Å²) in [6.45, 7) is 10.3. The Morgan fingerprint density at radius 3 is 2.40 bits per heavy atom. The van der Waals surface area contributed by atoms with Gasteiger partial charge in [-0.05, 0) is 70.6 Å². The highest BCUT2D eigenvalue weighted by Crippen LogP contribution is 2.28. The van der Waals surface area contributed by atoms with Crippen LogP contribution in [0.4, 0.5) is 4.79 Å². The van der Waals surface area contributed by atoms with Gasteiger partial charge in [0, 0.05) is 37.2 Å². The lowest BCUT2D eigenvalue weighted by Crippen LogP contribution is -2.57. The van der Waals surface area contributed by atoms with Crippen molar-refractivity contribution in [2.75, 3.05) is 36.2 Å². The van der Waals surface area contributed by atoms with Crippen LogP contribution >= 0.6 is 23.5 Å². The summed E-state index contributed by atoms with van der Waals surface area (Å²) < 4.78 is 5.54. The van der Waals surface area contributed by atoms with Gasteiger partial charge >= 0.3 is 6.09 Å². The third kappa shape index (κ3) is 10.4. The van der Waals surface area contributed by atoms with Crippen LogP contribution in [0, 0.1) is 12.8 Å². The molecular formula is C32H50N4O4S2. The lowest BCUT2D eigenvalue weighted by atomic mass is 9.91. The van der Waals surface area contributed by atoms with Gasteiger partial charge in [-0.15, -0.1) is 11.8 Å². The molecule has 2 N–H and O–H groups in total. The number of ether oxygens (including phenoxy) is 1. The Morgan fingerprint density at radius 2 is 1.74 bits per heavy atom. The minimum absolute atomic E-state index is 0.0924. The second kappa shape index (κ2) is 15.7. The summed E-state index contributed by atoms with van der Waals surface area (Å²) in [6.07, 6.45) is 7.68. The molecule has 1 aliphatic carbocycles. The van der Waals surface area contributed by atoms with Gasteiger partial charge < -0.3 is 15.4 Å². The quantitative estimate of drug-likeness (QED) is 0.373. The van der Waals surface area contributed by atoms with E-state index in [1.54, 1.807) is 11.8 Å². The minimum Gasteiger partial charge on any atom is -0.444 e. The molecule has 0 spiro atoms. The number of aryl methyl sites for hydroxylation is 1. The fourth-order valence-corrected chi connectivity index (χ4v) is 8.22. The number of piperidine rings is 1. The molecule has 3 aliphatic rings. The van der Waals surface area contributed by atoms with Gasteiger partial charge in [0.05, 0.1) is 5.88 Å². The van der Waals surface area contributed by atoms with Crippen LogP contribution in [0.15, 0.2) is 24.3 Å². The van der Waals surface area contributed by atoms with Gasteiger partial charge in [-0.2, -0.15) is 11.8 Å². The minimum atomic E-state index is -0.645. The van der Waals surface area contributed by atoms with E-state index < -0.39 is 23.8 Å². The Hall–Kier alpha value is -1.91. The molecule has 3 fully saturated rings. The molecule has 0 aromatic heterocycles. The molecule has 4 rings (SSSR count). The zero-order valence-corrected chi connectivity index (χ0v) is 27.5. The third-order valence-corrected chi connectivity index (χ3v) is 10.6. The van der Waals surface area contributed by atoms with Crippen molar-refractivity contribution in [3.8, 4) is 0 Å². The number of nitrogens with one attached hydrogen (secondary N) is 2. The number of nitrogens with zero attached hydrogens (tertiary/aromatic N) is 2. The first kappa shape index (κ1) is 33.0. The molecule has 3 amide bonds. The molecule has 0 unspecified atom stereocenters. The standard InChI is InChI=1S/C32H50N4O4S2/c1-23-10-12-24(13-11-23)18-35-16-14-26(15-17-35)33-29(37)27(20-41-19-25-8-6-5-7-9-25)34-30(38)28-21-42-22-36(28)31(39)40-32(2,3)4/h10-13,25-28H,5-9,14-22H2,1-4H3,(H,33,37)(H,34,38)/t27-,28-/m0/s1. The molecule has 2 aliphatic heterocycles. The normalized spacial score (nSPS) is 21.6. The van der Waals surface area contributed by atoms with Crippen LogP contribution in [0.25, 0.3) is 0 Å². The van der Waals surface area contributed by atoms with E-state index in [-0.39, 0.29) is 17.9 Å². The summed E-state index contributed by atoms with van der Waals surface area (Å²) in [5.41, 5.74) is 1.94. The van der Waals surface area contributed by atoms with E-state index in [0.29, 0.717) is 23.3 Å². The maximum absolute atomic E-state index is 13.6. The molecule has 1 aromatic carbocycles. The number of benzene rings is 1. The summed E-state index contributed by atoms with van der Waals surface area (Å²) in [7, 11) is 0.